The number of amides is 2. The molecule has 1 atom stereocenters. The van der Waals surface area contributed by atoms with Crippen LogP contribution < -0.4 is 20.1 Å². The maximum Gasteiger partial charge on any atom is 0.319 e. The number of hydrogen-bond donors (Lipinski definition) is 2. The van der Waals surface area contributed by atoms with Crippen molar-refractivity contribution in [1.82, 2.24) is 10.2 Å². The molecule has 1 fully saturated rings. The van der Waals surface area contributed by atoms with E-state index in [2.05, 4.69) is 35.4 Å². The monoisotopic (exact) mass is 507 g/mol. The number of urea groups is 1. The van der Waals surface area contributed by atoms with Crippen LogP contribution in [0.1, 0.15) is 32.3 Å². The molecule has 6 nitrogen and oxygen atoms in total. The highest BCUT2D eigenvalue weighted by Crippen LogP contribution is 2.28. The molecule has 2 aromatic carbocycles. The molecule has 1 aliphatic rings. The Morgan fingerprint density at radius 3 is 2.24 bits per heavy atom. The number of carbonyl (C=O) groups is 1. The number of carbonyl (C=O) groups excluding carboxylic acids is 1. The summed E-state index contributed by atoms with van der Waals surface area (Å²) < 4.78 is 10.6. The summed E-state index contributed by atoms with van der Waals surface area (Å²) in [4.78, 5) is 15.2. The van der Waals surface area contributed by atoms with E-state index in [1.165, 1.54) is 5.56 Å². The molecular formula is C26H35Cl2N3O3. The van der Waals surface area contributed by atoms with Crippen molar-refractivity contribution in [3.8, 4) is 11.5 Å². The number of nitrogens with one attached hydrogen (secondary N) is 2. The first-order valence-electron chi connectivity index (χ1n) is 11.7. The van der Waals surface area contributed by atoms with Gasteiger partial charge in [-0.1, -0.05) is 43.1 Å². The van der Waals surface area contributed by atoms with E-state index in [0.717, 1.165) is 38.9 Å². The van der Waals surface area contributed by atoms with E-state index in [4.69, 9.17) is 32.7 Å². The lowest BCUT2D eigenvalue weighted by Gasteiger charge is -2.35. The van der Waals surface area contributed by atoms with Crippen LogP contribution in [0.15, 0.2) is 36.4 Å². The molecule has 186 valence electrons. The minimum absolute atomic E-state index is 0.0409. The zero-order valence-electron chi connectivity index (χ0n) is 20.4. The number of hydrogen-bond acceptors (Lipinski definition) is 4. The number of nitrogens with zero attached hydrogens (tertiary/aromatic N) is 1. The lowest BCUT2D eigenvalue weighted by Crippen LogP contribution is -2.49. The van der Waals surface area contributed by atoms with Crippen molar-refractivity contribution in [2.24, 2.45) is 11.8 Å². The first kappa shape index (κ1) is 26.5. The van der Waals surface area contributed by atoms with Crippen LogP contribution in [0.2, 0.25) is 10.0 Å². The number of halogens is 2. The highest BCUT2D eigenvalue weighted by Gasteiger charge is 2.24. The summed E-state index contributed by atoms with van der Waals surface area (Å²) in [7, 11) is 3.17. The van der Waals surface area contributed by atoms with Crippen molar-refractivity contribution in [3.63, 3.8) is 0 Å². The average molecular weight is 508 g/mol. The van der Waals surface area contributed by atoms with Gasteiger partial charge in [-0.25, -0.2) is 4.79 Å². The van der Waals surface area contributed by atoms with E-state index >= 15 is 0 Å². The SMILES string of the molecule is COc1cc(NC(=O)NC(CN2CCC(Cc3ccc(Cl)c(Cl)c3)CC2)C(C)C)cc(OC)c1. The van der Waals surface area contributed by atoms with Crippen LogP contribution in [-0.2, 0) is 6.42 Å². The second kappa shape index (κ2) is 12.5. The molecule has 3 rings (SSSR count). The first-order chi connectivity index (χ1) is 16.3. The molecule has 34 heavy (non-hydrogen) atoms. The van der Waals surface area contributed by atoms with E-state index in [1.54, 1.807) is 32.4 Å². The van der Waals surface area contributed by atoms with Crippen molar-refractivity contribution in [2.45, 2.75) is 39.2 Å². The van der Waals surface area contributed by atoms with Crippen LogP contribution in [0, 0.1) is 11.8 Å². The topological polar surface area (TPSA) is 62.8 Å². The molecule has 0 saturated carbocycles. The summed E-state index contributed by atoms with van der Waals surface area (Å²) in [6.07, 6.45) is 3.27. The van der Waals surface area contributed by atoms with Crippen LogP contribution in [0.25, 0.3) is 0 Å². The Bertz CT molecular complexity index is 940. The molecule has 8 heteroatoms. The molecule has 1 heterocycles. The molecule has 1 unspecified atom stereocenters. The number of likely N-dealkylation sites (tertiary alicyclic amines) is 1. The lowest BCUT2D eigenvalue weighted by atomic mass is 9.89. The maximum atomic E-state index is 12.7. The standard InChI is InChI=1S/C26H35Cl2N3O3/c1-17(2)25(30-26(32)29-20-13-21(33-3)15-22(14-20)34-4)16-31-9-7-18(8-10-31)11-19-5-6-23(27)24(28)12-19/h5-6,12-15,17-18,25H,7-11,16H2,1-4H3,(H2,29,30,32). The summed E-state index contributed by atoms with van der Waals surface area (Å²) in [5.74, 6) is 2.18. The third-order valence-electron chi connectivity index (χ3n) is 6.40. The molecule has 0 aromatic heterocycles. The van der Waals surface area contributed by atoms with Gasteiger partial charge in [0.15, 0.2) is 0 Å². The Hall–Kier alpha value is -2.15. The molecule has 2 N–H and O–H groups in total. The number of piperidine rings is 1. The molecule has 0 spiro atoms. The van der Waals surface area contributed by atoms with Gasteiger partial charge in [0.2, 0.25) is 0 Å². The van der Waals surface area contributed by atoms with Gasteiger partial charge in [0.1, 0.15) is 11.5 Å². The Balaban J connectivity index is 1.50. The van der Waals surface area contributed by atoms with Crippen LogP contribution in [0.5, 0.6) is 11.5 Å². The molecule has 1 saturated heterocycles. The van der Waals surface area contributed by atoms with E-state index in [9.17, 15) is 4.79 Å². The average Bonchev–Trinajstić information content (AvgIpc) is 2.81. The fourth-order valence-electron chi connectivity index (χ4n) is 4.29. The van der Waals surface area contributed by atoms with E-state index < -0.39 is 0 Å². The minimum atomic E-state index is -0.233. The van der Waals surface area contributed by atoms with Crippen LogP contribution in [-0.4, -0.2) is 50.8 Å². The fraction of sp³-hybridized carbons (Fsp3) is 0.500. The Labute approximate surface area is 212 Å². The third-order valence-corrected chi connectivity index (χ3v) is 7.14. The van der Waals surface area contributed by atoms with Gasteiger partial charge in [0.25, 0.3) is 0 Å². The maximum absolute atomic E-state index is 12.7. The number of anilines is 1. The molecule has 2 amide bonds. The van der Waals surface area contributed by atoms with Gasteiger partial charge >= 0.3 is 6.03 Å². The van der Waals surface area contributed by atoms with Gasteiger partial charge in [-0.3, -0.25) is 0 Å². The summed E-state index contributed by atoms with van der Waals surface area (Å²) in [6.45, 7) is 7.14. The summed E-state index contributed by atoms with van der Waals surface area (Å²) >= 11 is 12.2. The van der Waals surface area contributed by atoms with Gasteiger partial charge in [-0.2, -0.15) is 0 Å². The number of ether oxygens (including phenoxy) is 2. The van der Waals surface area contributed by atoms with E-state index in [0.29, 0.717) is 39.1 Å². The number of methoxy groups -OCH3 is 2. The van der Waals surface area contributed by atoms with Crippen LogP contribution in [0.4, 0.5) is 10.5 Å². The second-order valence-electron chi connectivity index (χ2n) is 9.25. The molecule has 0 aliphatic carbocycles. The van der Waals surface area contributed by atoms with Gasteiger partial charge in [-0.05, 0) is 61.9 Å². The predicted molar refractivity (Wildman–Crippen MR) is 140 cm³/mol. The second-order valence-corrected chi connectivity index (χ2v) is 10.1. The van der Waals surface area contributed by atoms with Gasteiger partial charge in [0.05, 0.1) is 24.3 Å². The quantitative estimate of drug-likeness (QED) is 0.429. The van der Waals surface area contributed by atoms with Gasteiger partial charge < -0.3 is 25.0 Å². The Morgan fingerprint density at radius 1 is 1.03 bits per heavy atom. The van der Waals surface area contributed by atoms with Gasteiger partial charge in [0, 0.05) is 36.5 Å². The summed E-state index contributed by atoms with van der Waals surface area (Å²) in [5, 5.41) is 7.28. The Morgan fingerprint density at radius 2 is 1.68 bits per heavy atom. The fourth-order valence-corrected chi connectivity index (χ4v) is 4.61. The number of benzene rings is 2. The highest BCUT2D eigenvalue weighted by atomic mass is 35.5. The van der Waals surface area contributed by atoms with Crippen molar-refractivity contribution >= 4 is 34.9 Å². The van der Waals surface area contributed by atoms with E-state index in [-0.39, 0.29) is 12.1 Å². The van der Waals surface area contributed by atoms with E-state index in [1.807, 2.05) is 12.1 Å². The molecule has 0 bridgehead atoms. The minimum Gasteiger partial charge on any atom is -0.497 e. The summed E-state index contributed by atoms with van der Waals surface area (Å²) in [5.41, 5.74) is 1.86. The number of rotatable bonds is 9. The third kappa shape index (κ3) is 7.69. The van der Waals surface area contributed by atoms with Crippen LogP contribution in [0.3, 0.4) is 0 Å². The first-order valence-corrected chi connectivity index (χ1v) is 12.5. The van der Waals surface area contributed by atoms with Crippen molar-refractivity contribution in [1.29, 1.82) is 0 Å². The van der Waals surface area contributed by atoms with Crippen molar-refractivity contribution in [2.75, 3.05) is 39.2 Å². The normalized spacial score (nSPS) is 15.7. The highest BCUT2D eigenvalue weighted by molar-refractivity contribution is 6.42. The van der Waals surface area contributed by atoms with Crippen molar-refractivity contribution in [3.05, 3.63) is 52.0 Å². The zero-order chi connectivity index (χ0) is 24.7. The molecular weight excluding hydrogens is 473 g/mol. The largest absolute Gasteiger partial charge is 0.497 e. The predicted octanol–water partition coefficient (Wildman–Crippen LogP) is 6.11. The molecule has 1 aliphatic heterocycles. The lowest BCUT2D eigenvalue weighted by molar-refractivity contribution is 0.157. The smallest absolute Gasteiger partial charge is 0.319 e. The molecule has 2 aromatic rings. The zero-order valence-corrected chi connectivity index (χ0v) is 21.9. The Kier molecular flexibility index (Phi) is 9.74. The van der Waals surface area contributed by atoms with Gasteiger partial charge in [-0.15, -0.1) is 0 Å². The van der Waals surface area contributed by atoms with Crippen LogP contribution >= 0.6 is 23.2 Å². The summed E-state index contributed by atoms with van der Waals surface area (Å²) in [6, 6.07) is 11.0. The van der Waals surface area contributed by atoms with Crippen molar-refractivity contribution < 1.29 is 14.3 Å². The molecule has 0 radical (unpaired) electrons.